The van der Waals surface area contributed by atoms with Gasteiger partial charge in [0.15, 0.2) is 5.52 Å². The number of rotatable bonds is 2. The van der Waals surface area contributed by atoms with Gasteiger partial charge in [-0.15, -0.1) is 21.7 Å². The summed E-state index contributed by atoms with van der Waals surface area (Å²) >= 11 is 5.50. The molecule has 0 N–H and O–H groups in total. The molecule has 0 spiro atoms. The topological polar surface area (TPSA) is 65.6 Å². The molecule has 104 valence electrons. The Bertz CT molecular complexity index is 816. The summed E-state index contributed by atoms with van der Waals surface area (Å²) in [5.74, 6) is -0.331. The smallest absolute Gasteiger partial charge is 0.265 e. The first-order chi connectivity index (χ1) is 9.15. The van der Waals surface area contributed by atoms with Crippen LogP contribution >= 0.6 is 24.2 Å². The zero-order valence-electron chi connectivity index (χ0n) is 9.90. The molecule has 0 atom stereocenters. The van der Waals surface area contributed by atoms with E-state index in [1.807, 2.05) is 0 Å². The molecule has 2 heterocycles. The quantitative estimate of drug-likeness (QED) is 0.720. The fraction of sp³-hybridized carbons (Fsp3) is 0.0909. The Balaban J connectivity index is 0.00000147. The van der Waals surface area contributed by atoms with Gasteiger partial charge in [0.25, 0.3) is 0 Å². The summed E-state index contributed by atoms with van der Waals surface area (Å²) in [6, 6.07) is 6.35. The molecule has 0 aliphatic carbocycles. The van der Waals surface area contributed by atoms with Gasteiger partial charge in [0.05, 0.1) is 12.7 Å². The first-order valence-electron chi connectivity index (χ1n) is 5.38. The average molecular weight is 316 g/mol. The van der Waals surface area contributed by atoms with Crippen molar-refractivity contribution in [3.8, 4) is 0 Å². The molecule has 3 rings (SSSR count). The van der Waals surface area contributed by atoms with Crippen molar-refractivity contribution in [1.82, 2.24) is 24.3 Å². The Hall–Kier alpha value is -1.99. The number of benzene rings is 1. The Kier molecular flexibility index (Phi) is 4.01. The summed E-state index contributed by atoms with van der Waals surface area (Å²) in [6.07, 6.45) is 1.52. The van der Waals surface area contributed by atoms with Crippen LogP contribution in [0.25, 0.3) is 11.0 Å². The Morgan fingerprint density at radius 2 is 2.05 bits per heavy atom. The number of hydrogen-bond donors (Lipinski definition) is 0. The molecule has 0 aliphatic heterocycles. The van der Waals surface area contributed by atoms with E-state index in [0.29, 0.717) is 15.3 Å². The van der Waals surface area contributed by atoms with Crippen LogP contribution < -0.4 is 5.56 Å². The van der Waals surface area contributed by atoms with Gasteiger partial charge in [0.2, 0.25) is 0 Å². The van der Waals surface area contributed by atoms with Gasteiger partial charge in [-0.3, -0.25) is 9.48 Å². The second-order valence-corrected chi connectivity index (χ2v) is 4.23. The summed E-state index contributed by atoms with van der Waals surface area (Å²) in [4.78, 5) is 11.6. The zero-order valence-corrected chi connectivity index (χ0v) is 11.5. The van der Waals surface area contributed by atoms with E-state index in [0.717, 1.165) is 0 Å². The van der Waals surface area contributed by atoms with Crippen LogP contribution in [0.4, 0.5) is 4.39 Å². The van der Waals surface area contributed by atoms with Crippen molar-refractivity contribution >= 4 is 35.2 Å². The monoisotopic (exact) mass is 315 g/mol. The first-order valence-corrected chi connectivity index (χ1v) is 5.72. The second kappa shape index (κ2) is 5.56. The second-order valence-electron chi connectivity index (χ2n) is 3.91. The molecule has 0 aliphatic rings. The molecule has 1 aromatic carbocycles. The first kappa shape index (κ1) is 14.4. The van der Waals surface area contributed by atoms with Crippen LogP contribution in [0.15, 0.2) is 35.3 Å². The molecule has 0 fully saturated rings. The molecule has 0 saturated heterocycles. The SMILES string of the molecule is Cl.O=c1c2nn(Cc3ccccc3F)cc2nnn1Cl. The van der Waals surface area contributed by atoms with Crippen molar-refractivity contribution in [2.24, 2.45) is 0 Å². The minimum Gasteiger partial charge on any atom is -0.265 e. The van der Waals surface area contributed by atoms with Gasteiger partial charge in [0.1, 0.15) is 11.3 Å². The van der Waals surface area contributed by atoms with E-state index in [9.17, 15) is 9.18 Å². The average Bonchev–Trinajstić information content (AvgIpc) is 2.80. The molecule has 0 radical (unpaired) electrons. The number of hydrogen-bond acceptors (Lipinski definition) is 4. The van der Waals surface area contributed by atoms with Crippen molar-refractivity contribution in [2.45, 2.75) is 6.54 Å². The largest absolute Gasteiger partial charge is 0.313 e. The highest BCUT2D eigenvalue weighted by molar-refractivity contribution is 6.14. The van der Waals surface area contributed by atoms with Gasteiger partial charge >= 0.3 is 5.56 Å². The predicted molar refractivity (Wildman–Crippen MR) is 73.6 cm³/mol. The Labute approximate surface area is 123 Å². The maximum atomic E-state index is 13.5. The lowest BCUT2D eigenvalue weighted by molar-refractivity contribution is 0.586. The van der Waals surface area contributed by atoms with E-state index < -0.39 is 5.56 Å². The molecule has 0 amide bonds. The lowest BCUT2D eigenvalue weighted by atomic mass is 10.2. The fourth-order valence-corrected chi connectivity index (χ4v) is 1.85. The third-order valence-corrected chi connectivity index (χ3v) is 2.85. The lowest BCUT2D eigenvalue weighted by Crippen LogP contribution is -2.17. The van der Waals surface area contributed by atoms with Gasteiger partial charge in [-0.25, -0.2) is 4.39 Å². The maximum Gasteiger partial charge on any atom is 0.313 e. The zero-order chi connectivity index (χ0) is 13.4. The number of halogens is 3. The molecule has 0 saturated carbocycles. The van der Waals surface area contributed by atoms with Gasteiger partial charge in [0, 0.05) is 17.3 Å². The summed E-state index contributed by atoms with van der Waals surface area (Å²) in [6.45, 7) is 0.199. The van der Waals surface area contributed by atoms with E-state index in [1.165, 1.54) is 16.9 Å². The van der Waals surface area contributed by atoms with E-state index in [4.69, 9.17) is 11.8 Å². The predicted octanol–water partition coefficient (Wildman–Crippen LogP) is 1.60. The summed E-state index contributed by atoms with van der Waals surface area (Å²) in [7, 11) is 0. The van der Waals surface area contributed by atoms with Crippen molar-refractivity contribution in [3.05, 3.63) is 52.2 Å². The molecule has 0 unspecified atom stereocenters. The highest BCUT2D eigenvalue weighted by atomic mass is 35.5. The van der Waals surface area contributed by atoms with Crippen LogP contribution in [0.1, 0.15) is 5.56 Å². The van der Waals surface area contributed by atoms with E-state index in [2.05, 4.69) is 15.4 Å². The van der Waals surface area contributed by atoms with E-state index in [-0.39, 0.29) is 30.3 Å². The summed E-state index contributed by atoms with van der Waals surface area (Å²) in [5.41, 5.74) is 0.327. The minimum absolute atomic E-state index is 0. The van der Waals surface area contributed by atoms with E-state index in [1.54, 1.807) is 18.2 Å². The summed E-state index contributed by atoms with van der Waals surface area (Å²) < 4.78 is 15.5. The van der Waals surface area contributed by atoms with Crippen molar-refractivity contribution < 1.29 is 4.39 Å². The van der Waals surface area contributed by atoms with Crippen LogP contribution in [0.3, 0.4) is 0 Å². The highest BCUT2D eigenvalue weighted by Crippen LogP contribution is 2.10. The van der Waals surface area contributed by atoms with Crippen LogP contribution in [0.5, 0.6) is 0 Å². The fourth-order valence-electron chi connectivity index (χ4n) is 1.73. The minimum atomic E-state index is -0.557. The molecule has 6 nitrogen and oxygen atoms in total. The molecule has 20 heavy (non-hydrogen) atoms. The van der Waals surface area contributed by atoms with Gasteiger partial charge < -0.3 is 0 Å². The lowest BCUT2D eigenvalue weighted by Gasteiger charge is -2.02. The number of aromatic nitrogens is 5. The van der Waals surface area contributed by atoms with Gasteiger partial charge in [-0.1, -0.05) is 18.2 Å². The van der Waals surface area contributed by atoms with Crippen LogP contribution in [-0.4, -0.2) is 24.3 Å². The maximum absolute atomic E-state index is 13.5. The Morgan fingerprint density at radius 3 is 2.80 bits per heavy atom. The van der Waals surface area contributed by atoms with Crippen molar-refractivity contribution in [2.75, 3.05) is 0 Å². The van der Waals surface area contributed by atoms with Gasteiger partial charge in [-0.2, -0.15) is 5.10 Å². The Morgan fingerprint density at radius 1 is 1.30 bits per heavy atom. The van der Waals surface area contributed by atoms with Gasteiger partial charge in [-0.05, 0) is 11.3 Å². The standard InChI is InChI=1S/C11H7ClFN5O.ClH/c12-18-11(19)10-9(14-16-18)6-17(15-10)5-7-3-1-2-4-8(7)13;/h1-4,6H,5H2;1H. The molecule has 0 bridgehead atoms. The third kappa shape index (κ3) is 2.50. The molecule has 3 aromatic rings. The molecule has 2 aromatic heterocycles. The third-order valence-electron chi connectivity index (χ3n) is 2.63. The van der Waals surface area contributed by atoms with Crippen LogP contribution in [-0.2, 0) is 6.54 Å². The highest BCUT2D eigenvalue weighted by Gasteiger charge is 2.10. The van der Waals surface area contributed by atoms with Crippen LogP contribution in [0, 0.1) is 5.82 Å². The normalized spacial score (nSPS) is 10.5. The number of nitrogens with zero attached hydrogens (tertiary/aromatic N) is 5. The number of fused-ring (bicyclic) bond motifs is 1. The van der Waals surface area contributed by atoms with Crippen LogP contribution in [0.2, 0.25) is 0 Å². The van der Waals surface area contributed by atoms with Crippen molar-refractivity contribution in [3.63, 3.8) is 0 Å². The summed E-state index contributed by atoms with van der Waals surface area (Å²) in [5, 5.41) is 11.2. The molecule has 9 heteroatoms. The molecular formula is C11H8Cl2FN5O. The molecular weight excluding hydrogens is 308 g/mol. The van der Waals surface area contributed by atoms with Crippen molar-refractivity contribution in [1.29, 1.82) is 0 Å². The van der Waals surface area contributed by atoms with E-state index >= 15 is 0 Å².